The van der Waals surface area contributed by atoms with E-state index in [2.05, 4.69) is 10.4 Å². The number of amides is 1. The molecule has 6 heteroatoms. The molecule has 1 aromatic carbocycles. The monoisotopic (exact) mass is 347 g/mol. The van der Waals surface area contributed by atoms with Crippen molar-refractivity contribution in [1.82, 2.24) is 10.3 Å². The zero-order chi connectivity index (χ0) is 18.3. The Bertz CT molecular complexity index is 563. The molecule has 2 rings (SSSR count). The highest BCUT2D eigenvalue weighted by Crippen LogP contribution is 2.11. The van der Waals surface area contributed by atoms with E-state index in [4.69, 9.17) is 4.74 Å². The molecule has 1 fully saturated rings. The van der Waals surface area contributed by atoms with Gasteiger partial charge < -0.3 is 15.2 Å². The molecular weight excluding hydrogens is 318 g/mol. The van der Waals surface area contributed by atoms with E-state index < -0.39 is 23.8 Å². The van der Waals surface area contributed by atoms with Gasteiger partial charge in [-0.05, 0) is 45.6 Å². The molecule has 25 heavy (non-hydrogen) atoms. The third-order valence-electron chi connectivity index (χ3n) is 3.88. The maximum absolute atomic E-state index is 12.1. The van der Waals surface area contributed by atoms with E-state index in [9.17, 15) is 9.90 Å². The van der Waals surface area contributed by atoms with E-state index in [1.807, 2.05) is 56.1 Å². The molecule has 1 aromatic rings. The summed E-state index contributed by atoms with van der Waals surface area (Å²) >= 11 is 0. The van der Waals surface area contributed by atoms with Crippen molar-refractivity contribution >= 4 is 12.3 Å². The smallest absolute Gasteiger partial charge is 0.407 e. The minimum Gasteiger partial charge on any atom is -0.444 e. The fourth-order valence-electron chi connectivity index (χ4n) is 2.67. The van der Waals surface area contributed by atoms with Crippen LogP contribution in [0.5, 0.6) is 0 Å². The molecule has 138 valence electrons. The number of rotatable bonds is 6. The lowest BCUT2D eigenvalue weighted by Gasteiger charge is -2.25. The molecule has 0 unspecified atom stereocenters. The Balaban J connectivity index is 2.03. The van der Waals surface area contributed by atoms with Crippen LogP contribution in [0.4, 0.5) is 4.79 Å². The van der Waals surface area contributed by atoms with Crippen molar-refractivity contribution in [2.24, 2.45) is 5.10 Å². The van der Waals surface area contributed by atoms with Gasteiger partial charge in [0.2, 0.25) is 0 Å². The standard InChI is InChI=1S/C19H29N3O3/c1-19(2,3)25-18(24)21-16(13-15-9-5-4-6-10-15)17(23)14-20-22-11-7-8-12-22/h4-6,9-10,14,16-17,23H,7-8,11-13H2,1-3H3,(H,21,24)/b20-14+/t16-,17-/m0/s1. The van der Waals surface area contributed by atoms with E-state index in [0.29, 0.717) is 6.42 Å². The van der Waals surface area contributed by atoms with Crippen molar-refractivity contribution in [2.75, 3.05) is 13.1 Å². The zero-order valence-electron chi connectivity index (χ0n) is 15.3. The number of aliphatic hydroxyl groups is 1. The first kappa shape index (κ1) is 19.2. The summed E-state index contributed by atoms with van der Waals surface area (Å²) in [6.45, 7) is 7.25. The summed E-state index contributed by atoms with van der Waals surface area (Å²) in [6, 6.07) is 9.23. The lowest BCUT2D eigenvalue weighted by molar-refractivity contribution is 0.0465. The van der Waals surface area contributed by atoms with Crippen LogP contribution < -0.4 is 5.32 Å². The van der Waals surface area contributed by atoms with Gasteiger partial charge in [0, 0.05) is 13.1 Å². The van der Waals surface area contributed by atoms with Crippen molar-refractivity contribution in [3.05, 3.63) is 35.9 Å². The molecule has 6 nitrogen and oxygen atoms in total. The number of benzene rings is 1. The van der Waals surface area contributed by atoms with Crippen LogP contribution in [-0.4, -0.2) is 53.3 Å². The quantitative estimate of drug-likeness (QED) is 0.776. The Morgan fingerprint density at radius 1 is 1.32 bits per heavy atom. The van der Waals surface area contributed by atoms with Gasteiger partial charge in [-0.1, -0.05) is 30.3 Å². The molecule has 1 amide bonds. The first-order valence-corrected chi connectivity index (χ1v) is 8.84. The van der Waals surface area contributed by atoms with Crippen molar-refractivity contribution in [1.29, 1.82) is 0 Å². The van der Waals surface area contributed by atoms with Gasteiger partial charge in [0.1, 0.15) is 11.7 Å². The highest BCUT2D eigenvalue weighted by molar-refractivity contribution is 5.70. The summed E-state index contributed by atoms with van der Waals surface area (Å²) in [6.07, 6.45) is 2.81. The van der Waals surface area contributed by atoms with Crippen molar-refractivity contribution in [3.63, 3.8) is 0 Å². The number of nitrogens with one attached hydrogen (secondary N) is 1. The Morgan fingerprint density at radius 3 is 2.56 bits per heavy atom. The summed E-state index contributed by atoms with van der Waals surface area (Å²) in [5.41, 5.74) is 0.438. The highest BCUT2D eigenvalue weighted by Gasteiger charge is 2.24. The topological polar surface area (TPSA) is 74.2 Å². The lowest BCUT2D eigenvalue weighted by Crippen LogP contribution is -2.47. The maximum Gasteiger partial charge on any atom is 0.407 e. The summed E-state index contributed by atoms with van der Waals surface area (Å²) in [4.78, 5) is 12.1. The van der Waals surface area contributed by atoms with Gasteiger partial charge >= 0.3 is 6.09 Å². The van der Waals surface area contributed by atoms with Gasteiger partial charge in [-0.15, -0.1) is 0 Å². The van der Waals surface area contributed by atoms with Gasteiger partial charge in [0.15, 0.2) is 0 Å². The number of hydrogen-bond acceptors (Lipinski definition) is 5. The number of hydrogen-bond donors (Lipinski definition) is 2. The number of alkyl carbamates (subject to hydrolysis) is 1. The molecule has 0 bridgehead atoms. The molecule has 0 aromatic heterocycles. The Hall–Kier alpha value is -2.08. The number of aliphatic hydroxyl groups excluding tert-OH is 1. The first-order chi connectivity index (χ1) is 11.8. The molecule has 0 spiro atoms. The summed E-state index contributed by atoms with van der Waals surface area (Å²) < 4.78 is 5.32. The average molecular weight is 347 g/mol. The van der Waals surface area contributed by atoms with E-state index in [-0.39, 0.29) is 0 Å². The SMILES string of the molecule is CC(C)(C)OC(=O)N[C@@H](Cc1ccccc1)[C@@H](O)/C=N/N1CCCC1. The van der Waals surface area contributed by atoms with Crippen LogP contribution in [0, 0.1) is 0 Å². The molecule has 1 aliphatic rings. The third kappa shape index (κ3) is 7.13. The predicted molar refractivity (Wildman–Crippen MR) is 98.6 cm³/mol. The van der Waals surface area contributed by atoms with E-state index in [1.54, 1.807) is 0 Å². The van der Waals surface area contributed by atoms with Crippen LogP contribution in [0.15, 0.2) is 35.4 Å². The largest absolute Gasteiger partial charge is 0.444 e. The average Bonchev–Trinajstić information content (AvgIpc) is 3.04. The van der Waals surface area contributed by atoms with E-state index in [1.165, 1.54) is 6.21 Å². The van der Waals surface area contributed by atoms with Gasteiger partial charge in [-0.2, -0.15) is 5.10 Å². The van der Waals surface area contributed by atoms with Crippen LogP contribution in [-0.2, 0) is 11.2 Å². The Kier molecular flexibility index (Phi) is 6.82. The van der Waals surface area contributed by atoms with Crippen LogP contribution in [0.3, 0.4) is 0 Å². The van der Waals surface area contributed by atoms with Crippen molar-refractivity contribution < 1.29 is 14.6 Å². The van der Waals surface area contributed by atoms with Crippen LogP contribution >= 0.6 is 0 Å². The van der Waals surface area contributed by atoms with Crippen LogP contribution in [0.2, 0.25) is 0 Å². The molecule has 0 saturated carbocycles. The summed E-state index contributed by atoms with van der Waals surface area (Å²) in [5, 5.41) is 19.6. The highest BCUT2D eigenvalue weighted by atomic mass is 16.6. The molecule has 1 heterocycles. The van der Waals surface area contributed by atoms with Crippen molar-refractivity contribution in [3.8, 4) is 0 Å². The normalized spacial score (nSPS) is 17.5. The first-order valence-electron chi connectivity index (χ1n) is 8.84. The minimum absolute atomic E-state index is 0.493. The van der Waals surface area contributed by atoms with Crippen LogP contribution in [0.1, 0.15) is 39.2 Å². The molecule has 0 radical (unpaired) electrons. The second-order valence-corrected chi connectivity index (χ2v) is 7.36. The number of nitrogens with zero attached hydrogens (tertiary/aromatic N) is 2. The summed E-state index contributed by atoms with van der Waals surface area (Å²) in [7, 11) is 0. The molecule has 2 N–H and O–H groups in total. The van der Waals surface area contributed by atoms with Gasteiger partial charge in [-0.3, -0.25) is 5.01 Å². The second kappa shape index (κ2) is 8.85. The number of carbonyl (C=O) groups is 1. The zero-order valence-corrected chi connectivity index (χ0v) is 15.3. The third-order valence-corrected chi connectivity index (χ3v) is 3.88. The number of hydrazone groups is 1. The molecular formula is C19H29N3O3. The van der Waals surface area contributed by atoms with Gasteiger partial charge in [-0.25, -0.2) is 4.79 Å². The Labute approximate surface area is 149 Å². The molecule has 2 atom stereocenters. The van der Waals surface area contributed by atoms with Gasteiger partial charge in [0.05, 0.1) is 12.3 Å². The predicted octanol–water partition coefficient (Wildman–Crippen LogP) is 2.56. The van der Waals surface area contributed by atoms with E-state index in [0.717, 1.165) is 31.5 Å². The lowest BCUT2D eigenvalue weighted by atomic mass is 10.0. The number of ether oxygens (including phenoxy) is 1. The second-order valence-electron chi connectivity index (χ2n) is 7.36. The number of carbonyl (C=O) groups excluding carboxylic acids is 1. The van der Waals surface area contributed by atoms with Gasteiger partial charge in [0.25, 0.3) is 0 Å². The van der Waals surface area contributed by atoms with Crippen molar-refractivity contribution in [2.45, 2.75) is 57.8 Å². The fourth-order valence-corrected chi connectivity index (χ4v) is 2.67. The van der Waals surface area contributed by atoms with Crippen LogP contribution in [0.25, 0.3) is 0 Å². The Morgan fingerprint density at radius 2 is 1.96 bits per heavy atom. The molecule has 1 saturated heterocycles. The molecule has 0 aliphatic carbocycles. The summed E-state index contributed by atoms with van der Waals surface area (Å²) in [5.74, 6) is 0. The minimum atomic E-state index is -0.895. The van der Waals surface area contributed by atoms with E-state index >= 15 is 0 Å². The molecule has 1 aliphatic heterocycles. The fraction of sp³-hybridized carbons (Fsp3) is 0.579. The maximum atomic E-state index is 12.1.